The second-order valence-corrected chi connectivity index (χ2v) is 6.97. The van der Waals surface area contributed by atoms with Gasteiger partial charge in [0.05, 0.1) is 5.75 Å². The van der Waals surface area contributed by atoms with Crippen LogP contribution in [0.15, 0.2) is 28.6 Å². The van der Waals surface area contributed by atoms with E-state index in [1.165, 1.54) is 47.4 Å². The molecule has 2 rings (SSSR count). The maximum absolute atomic E-state index is 12.1. The summed E-state index contributed by atoms with van der Waals surface area (Å²) in [5, 5.41) is 12.0. The first-order valence-electron chi connectivity index (χ1n) is 7.36. The van der Waals surface area contributed by atoms with Crippen LogP contribution in [0.3, 0.4) is 0 Å². The Morgan fingerprint density at radius 3 is 2.75 bits per heavy atom. The Hall–Kier alpha value is -1.74. The Bertz CT molecular complexity index is 650. The third-order valence-corrected chi connectivity index (χ3v) is 4.96. The van der Waals surface area contributed by atoms with Gasteiger partial charge in [-0.15, -0.1) is 10.2 Å². The van der Waals surface area contributed by atoms with E-state index in [4.69, 9.17) is 0 Å². The number of thioether (sulfide) groups is 1. The molecule has 0 unspecified atom stereocenters. The summed E-state index contributed by atoms with van der Waals surface area (Å²) in [6.45, 7) is 0.0856. The molecular weight excluding hydrogens is 356 g/mol. The van der Waals surface area contributed by atoms with Crippen LogP contribution >= 0.6 is 23.1 Å². The molecule has 5 nitrogen and oxygen atoms in total. The topological polar surface area (TPSA) is 64.1 Å². The van der Waals surface area contributed by atoms with Crippen LogP contribution in [0.1, 0.15) is 30.1 Å². The number of ether oxygens (including phenoxy) is 1. The van der Waals surface area contributed by atoms with Gasteiger partial charge >= 0.3 is 6.61 Å². The minimum Gasteiger partial charge on any atom is -0.435 e. The number of anilines is 1. The number of carbonyl (C=O) groups is 1. The molecule has 0 aliphatic carbocycles. The molecule has 0 fully saturated rings. The van der Waals surface area contributed by atoms with Gasteiger partial charge in [-0.1, -0.05) is 36.4 Å². The van der Waals surface area contributed by atoms with Crippen LogP contribution in [0, 0.1) is 0 Å². The van der Waals surface area contributed by atoms with Crippen molar-refractivity contribution in [3.63, 3.8) is 0 Å². The number of hydrogen-bond acceptors (Lipinski definition) is 7. The van der Waals surface area contributed by atoms with E-state index in [0.29, 0.717) is 9.90 Å². The Kier molecular flexibility index (Phi) is 7.38. The molecule has 0 amide bonds. The van der Waals surface area contributed by atoms with Gasteiger partial charge in [-0.25, -0.2) is 0 Å². The highest BCUT2D eigenvalue weighted by atomic mass is 32.2. The highest BCUT2D eigenvalue weighted by molar-refractivity contribution is 8.01. The largest absolute Gasteiger partial charge is 0.435 e. The molecule has 1 N–H and O–H groups in total. The van der Waals surface area contributed by atoms with E-state index in [0.717, 1.165) is 24.5 Å². The van der Waals surface area contributed by atoms with Crippen LogP contribution in [0.25, 0.3) is 0 Å². The van der Waals surface area contributed by atoms with Crippen LogP contribution in [-0.4, -0.2) is 34.9 Å². The zero-order chi connectivity index (χ0) is 17.4. The Balaban J connectivity index is 1.82. The molecule has 0 aliphatic heterocycles. The number of benzene rings is 1. The minimum atomic E-state index is -2.88. The van der Waals surface area contributed by atoms with Crippen molar-refractivity contribution in [1.29, 1.82) is 0 Å². The first-order chi connectivity index (χ1) is 11.6. The summed E-state index contributed by atoms with van der Waals surface area (Å²) in [5.74, 6) is 0.124. The SMILES string of the molecule is CCCCNc1nnc(SCC(=O)c2ccc(OC(F)F)cc2)s1. The number of unbranched alkanes of at least 4 members (excludes halogenated alkanes) is 1. The lowest BCUT2D eigenvalue weighted by Crippen LogP contribution is -2.04. The van der Waals surface area contributed by atoms with E-state index >= 15 is 0 Å². The maximum atomic E-state index is 12.1. The number of aromatic nitrogens is 2. The molecule has 0 radical (unpaired) electrons. The second-order valence-electron chi connectivity index (χ2n) is 4.77. The molecule has 0 saturated heterocycles. The molecule has 1 aromatic carbocycles. The van der Waals surface area contributed by atoms with Crippen molar-refractivity contribution in [2.45, 2.75) is 30.7 Å². The number of nitrogens with one attached hydrogen (secondary N) is 1. The quantitative estimate of drug-likeness (QED) is 0.380. The van der Waals surface area contributed by atoms with Crippen molar-refractivity contribution < 1.29 is 18.3 Å². The first-order valence-corrected chi connectivity index (χ1v) is 9.17. The standard InChI is InChI=1S/C15H17F2N3O2S2/c1-2-3-8-18-14-19-20-15(24-14)23-9-12(21)10-4-6-11(7-5-10)22-13(16)17/h4-7,13H,2-3,8-9H2,1H3,(H,18,19). The monoisotopic (exact) mass is 373 g/mol. The first kappa shape index (κ1) is 18.6. The van der Waals surface area contributed by atoms with E-state index in [1.807, 2.05) is 0 Å². The number of rotatable bonds is 10. The zero-order valence-electron chi connectivity index (χ0n) is 13.0. The maximum Gasteiger partial charge on any atom is 0.387 e. The fourth-order valence-electron chi connectivity index (χ4n) is 1.74. The van der Waals surface area contributed by atoms with Crippen LogP contribution in [0.2, 0.25) is 0 Å². The second kappa shape index (κ2) is 9.53. The van der Waals surface area contributed by atoms with E-state index in [-0.39, 0.29) is 17.3 Å². The molecular formula is C15H17F2N3O2S2. The summed E-state index contributed by atoms with van der Waals surface area (Å²) in [5.41, 5.74) is 0.440. The number of ketones is 1. The van der Waals surface area contributed by atoms with Crippen LogP contribution in [0.5, 0.6) is 5.75 Å². The van der Waals surface area contributed by atoms with Crippen molar-refractivity contribution in [2.24, 2.45) is 0 Å². The summed E-state index contributed by atoms with van der Waals surface area (Å²) in [4.78, 5) is 12.1. The molecule has 2 aromatic rings. The Morgan fingerprint density at radius 2 is 2.08 bits per heavy atom. The van der Waals surface area contributed by atoms with Crippen molar-refractivity contribution in [3.8, 4) is 5.75 Å². The smallest absolute Gasteiger partial charge is 0.387 e. The molecule has 0 atom stereocenters. The van der Waals surface area contributed by atoms with E-state index < -0.39 is 6.61 Å². The van der Waals surface area contributed by atoms with Crippen molar-refractivity contribution in [2.75, 3.05) is 17.6 Å². The predicted octanol–water partition coefficient (Wildman–Crippen LogP) is 4.33. The van der Waals surface area contributed by atoms with E-state index in [9.17, 15) is 13.6 Å². The van der Waals surface area contributed by atoms with Gasteiger partial charge in [0.15, 0.2) is 10.1 Å². The van der Waals surface area contributed by atoms with Gasteiger partial charge < -0.3 is 10.1 Å². The fourth-order valence-corrected chi connectivity index (χ4v) is 3.42. The average Bonchev–Trinajstić information content (AvgIpc) is 3.01. The molecule has 24 heavy (non-hydrogen) atoms. The molecule has 130 valence electrons. The highest BCUT2D eigenvalue weighted by Crippen LogP contribution is 2.26. The molecule has 0 spiro atoms. The Morgan fingerprint density at radius 1 is 1.33 bits per heavy atom. The van der Waals surface area contributed by atoms with Crippen LogP contribution in [0.4, 0.5) is 13.9 Å². The van der Waals surface area contributed by atoms with Gasteiger partial charge in [0, 0.05) is 12.1 Å². The van der Waals surface area contributed by atoms with Gasteiger partial charge in [-0.3, -0.25) is 4.79 Å². The summed E-state index contributed by atoms with van der Waals surface area (Å²) in [6.07, 6.45) is 2.16. The molecule has 9 heteroatoms. The molecule has 0 aliphatic rings. The van der Waals surface area contributed by atoms with Gasteiger partial charge in [0.25, 0.3) is 0 Å². The van der Waals surface area contributed by atoms with Crippen LogP contribution < -0.4 is 10.1 Å². The molecule has 0 saturated carbocycles. The number of nitrogens with zero attached hydrogens (tertiary/aromatic N) is 2. The van der Waals surface area contributed by atoms with Gasteiger partial charge in [-0.2, -0.15) is 8.78 Å². The third-order valence-electron chi connectivity index (χ3n) is 2.94. The van der Waals surface area contributed by atoms with Gasteiger partial charge in [0.1, 0.15) is 5.75 Å². The lowest BCUT2D eigenvalue weighted by Gasteiger charge is -2.05. The number of halogens is 2. The number of alkyl halides is 2. The molecule has 0 bridgehead atoms. The predicted molar refractivity (Wildman–Crippen MR) is 91.4 cm³/mol. The fraction of sp³-hybridized carbons (Fsp3) is 0.400. The summed E-state index contributed by atoms with van der Waals surface area (Å²) >= 11 is 2.71. The Labute approximate surface area is 146 Å². The summed E-state index contributed by atoms with van der Waals surface area (Å²) in [6, 6.07) is 5.65. The number of carbonyl (C=O) groups excluding carboxylic acids is 1. The minimum absolute atomic E-state index is 0.0288. The average molecular weight is 373 g/mol. The van der Waals surface area contributed by atoms with Gasteiger partial charge in [-0.05, 0) is 30.7 Å². The number of hydrogen-bond donors (Lipinski definition) is 1. The van der Waals surface area contributed by atoms with E-state index in [2.05, 4.69) is 27.2 Å². The van der Waals surface area contributed by atoms with E-state index in [1.54, 1.807) is 0 Å². The van der Waals surface area contributed by atoms with Crippen molar-refractivity contribution in [1.82, 2.24) is 10.2 Å². The molecule has 1 aromatic heterocycles. The summed E-state index contributed by atoms with van der Waals surface area (Å²) in [7, 11) is 0. The molecule has 1 heterocycles. The highest BCUT2D eigenvalue weighted by Gasteiger charge is 2.11. The number of Topliss-reactive ketones (excluding diaryl/α,β-unsaturated/α-hetero) is 1. The lowest BCUT2D eigenvalue weighted by atomic mass is 10.1. The summed E-state index contributed by atoms with van der Waals surface area (Å²) < 4.78 is 29.1. The lowest BCUT2D eigenvalue weighted by molar-refractivity contribution is -0.0498. The normalized spacial score (nSPS) is 10.8. The van der Waals surface area contributed by atoms with Crippen molar-refractivity contribution >= 4 is 34.0 Å². The van der Waals surface area contributed by atoms with Crippen molar-refractivity contribution in [3.05, 3.63) is 29.8 Å². The third kappa shape index (κ3) is 6.04. The van der Waals surface area contributed by atoms with Gasteiger partial charge in [0.2, 0.25) is 5.13 Å². The zero-order valence-corrected chi connectivity index (χ0v) is 14.6. The van der Waals surface area contributed by atoms with Crippen LogP contribution in [-0.2, 0) is 0 Å².